The number of ether oxygens (including phenoxy) is 1. The standard InChI is InChI=1S/C49H35NO2/c1-2-3-4-15-32-49(41-25-12-14-28-45(41)51)42-26-16-24-38(48(42)52-46-29-17-23-37(47(46)49)34-18-7-5-8-19-34)35-30-31-44-40(33-35)39-22-11-13-27-43(39)50(44)36-20-9-6-10-21-36/h2-33,51H,1H2/b4-3-,32-15-. The first-order valence-electron chi connectivity index (χ1n) is 17.5. The quantitative estimate of drug-likeness (QED) is 0.171. The number of phenolic OH excluding ortho intramolecular Hbond substituents is 1. The van der Waals surface area contributed by atoms with Gasteiger partial charge in [0, 0.05) is 38.7 Å². The van der Waals surface area contributed by atoms with E-state index in [4.69, 9.17) is 4.74 Å². The fourth-order valence-corrected chi connectivity index (χ4v) is 8.00. The number of allylic oxidation sites excluding steroid dienone is 5. The van der Waals surface area contributed by atoms with Gasteiger partial charge in [0.25, 0.3) is 0 Å². The molecule has 3 heteroatoms. The normalized spacial score (nSPS) is 15.2. The van der Waals surface area contributed by atoms with Crippen LogP contribution in [0.2, 0.25) is 0 Å². The Balaban J connectivity index is 1.34. The van der Waals surface area contributed by atoms with Gasteiger partial charge in [-0.3, -0.25) is 0 Å². The second kappa shape index (κ2) is 12.8. The van der Waals surface area contributed by atoms with Crippen LogP contribution in [0.1, 0.15) is 16.7 Å². The lowest BCUT2D eigenvalue weighted by Gasteiger charge is -2.41. The maximum Gasteiger partial charge on any atom is 0.140 e. The third kappa shape index (κ3) is 4.90. The van der Waals surface area contributed by atoms with Crippen molar-refractivity contribution in [2.45, 2.75) is 5.41 Å². The lowest BCUT2D eigenvalue weighted by Crippen LogP contribution is -2.32. The minimum Gasteiger partial charge on any atom is -0.508 e. The first-order chi connectivity index (χ1) is 25.7. The fraction of sp³-hybridized carbons (Fsp3) is 0.0204. The van der Waals surface area contributed by atoms with E-state index in [0.29, 0.717) is 0 Å². The molecule has 0 aliphatic carbocycles. The number of para-hydroxylation sites is 4. The molecule has 0 saturated carbocycles. The molecule has 0 fully saturated rings. The summed E-state index contributed by atoms with van der Waals surface area (Å²) in [7, 11) is 0. The van der Waals surface area contributed by atoms with Gasteiger partial charge >= 0.3 is 0 Å². The highest BCUT2D eigenvalue weighted by molar-refractivity contribution is 6.10. The largest absolute Gasteiger partial charge is 0.508 e. The van der Waals surface area contributed by atoms with Crippen LogP contribution < -0.4 is 4.74 Å². The van der Waals surface area contributed by atoms with Crippen LogP contribution >= 0.6 is 0 Å². The fourth-order valence-electron chi connectivity index (χ4n) is 8.00. The molecule has 0 saturated heterocycles. The van der Waals surface area contributed by atoms with Crippen LogP contribution in [0.15, 0.2) is 201 Å². The maximum absolute atomic E-state index is 11.7. The topological polar surface area (TPSA) is 34.4 Å². The van der Waals surface area contributed by atoms with Crippen LogP contribution in [-0.4, -0.2) is 9.67 Å². The Kier molecular flexibility index (Phi) is 7.67. The number of rotatable bonds is 7. The van der Waals surface area contributed by atoms with E-state index in [-0.39, 0.29) is 5.75 Å². The summed E-state index contributed by atoms with van der Waals surface area (Å²) in [5, 5.41) is 14.1. The Labute approximate surface area is 303 Å². The van der Waals surface area contributed by atoms with E-state index in [1.807, 2.05) is 48.6 Å². The highest BCUT2D eigenvalue weighted by Gasteiger charge is 2.45. The number of aromatic nitrogens is 1. The van der Waals surface area contributed by atoms with Gasteiger partial charge in [0.15, 0.2) is 0 Å². The predicted octanol–water partition coefficient (Wildman–Crippen LogP) is 12.6. The van der Waals surface area contributed by atoms with Crippen LogP contribution in [0, 0.1) is 0 Å². The van der Waals surface area contributed by atoms with Gasteiger partial charge in [-0.15, -0.1) is 0 Å². The van der Waals surface area contributed by atoms with Crippen molar-refractivity contribution in [3.8, 4) is 45.2 Å². The molecule has 1 aliphatic heterocycles. The van der Waals surface area contributed by atoms with Gasteiger partial charge in [-0.25, -0.2) is 0 Å². The van der Waals surface area contributed by atoms with Crippen molar-refractivity contribution in [3.05, 3.63) is 217 Å². The predicted molar refractivity (Wildman–Crippen MR) is 215 cm³/mol. The Bertz CT molecular complexity index is 2680. The van der Waals surface area contributed by atoms with Crippen molar-refractivity contribution in [3.63, 3.8) is 0 Å². The minimum atomic E-state index is -0.921. The minimum absolute atomic E-state index is 0.210. The van der Waals surface area contributed by atoms with Gasteiger partial charge in [0.05, 0.1) is 16.4 Å². The van der Waals surface area contributed by atoms with Crippen molar-refractivity contribution < 1.29 is 9.84 Å². The van der Waals surface area contributed by atoms with Crippen molar-refractivity contribution >= 4 is 21.8 Å². The first kappa shape index (κ1) is 31.2. The van der Waals surface area contributed by atoms with E-state index in [0.717, 1.165) is 67.2 Å². The van der Waals surface area contributed by atoms with E-state index in [2.05, 4.69) is 145 Å². The number of fused-ring (bicyclic) bond motifs is 5. The van der Waals surface area contributed by atoms with Crippen LogP contribution in [-0.2, 0) is 5.41 Å². The molecule has 7 aromatic carbocycles. The molecular formula is C49H35NO2. The summed E-state index contributed by atoms with van der Waals surface area (Å²) in [6.45, 7) is 3.88. The van der Waals surface area contributed by atoms with E-state index < -0.39 is 5.41 Å². The van der Waals surface area contributed by atoms with Gasteiger partial charge in [0.2, 0.25) is 0 Å². The van der Waals surface area contributed by atoms with Crippen LogP contribution in [0.4, 0.5) is 0 Å². The molecule has 1 aliphatic rings. The van der Waals surface area contributed by atoms with Crippen molar-refractivity contribution in [1.29, 1.82) is 0 Å². The molecule has 1 aromatic heterocycles. The molecule has 0 amide bonds. The number of hydrogen-bond donors (Lipinski definition) is 1. The van der Waals surface area contributed by atoms with E-state index >= 15 is 0 Å². The first-order valence-corrected chi connectivity index (χ1v) is 17.5. The Hall–Kier alpha value is -6.84. The Morgan fingerprint density at radius 1 is 0.558 bits per heavy atom. The molecule has 3 nitrogen and oxygen atoms in total. The van der Waals surface area contributed by atoms with E-state index in [9.17, 15) is 5.11 Å². The molecular weight excluding hydrogens is 635 g/mol. The molecule has 0 radical (unpaired) electrons. The smallest absolute Gasteiger partial charge is 0.140 e. The second-order valence-corrected chi connectivity index (χ2v) is 13.1. The third-order valence-electron chi connectivity index (χ3n) is 10.2. The average Bonchev–Trinajstić information content (AvgIpc) is 3.53. The van der Waals surface area contributed by atoms with E-state index in [1.54, 1.807) is 12.1 Å². The van der Waals surface area contributed by atoms with Crippen molar-refractivity contribution in [2.24, 2.45) is 0 Å². The molecule has 1 N–H and O–H groups in total. The lowest BCUT2D eigenvalue weighted by molar-refractivity contribution is 0.427. The van der Waals surface area contributed by atoms with Gasteiger partial charge in [-0.1, -0.05) is 158 Å². The van der Waals surface area contributed by atoms with E-state index in [1.165, 1.54) is 10.8 Å². The van der Waals surface area contributed by atoms with Gasteiger partial charge in [-0.05, 0) is 59.2 Å². The SMILES string of the molecule is C=C/C=C\C=C/C1(c2ccccc2O)c2cccc(-c3ccc4c(c3)c3ccccc3n4-c3ccccc3)c2Oc2cccc(-c3ccccc3)c21. The van der Waals surface area contributed by atoms with Crippen molar-refractivity contribution in [2.75, 3.05) is 0 Å². The molecule has 1 unspecified atom stereocenters. The number of hydrogen-bond acceptors (Lipinski definition) is 2. The van der Waals surface area contributed by atoms with Gasteiger partial charge < -0.3 is 14.4 Å². The summed E-state index contributed by atoms with van der Waals surface area (Å²) in [6.07, 6.45) is 9.90. The van der Waals surface area contributed by atoms with Gasteiger partial charge in [-0.2, -0.15) is 0 Å². The average molecular weight is 670 g/mol. The maximum atomic E-state index is 11.7. The number of nitrogens with zero attached hydrogens (tertiary/aromatic N) is 1. The zero-order valence-corrected chi connectivity index (χ0v) is 28.5. The number of aromatic hydroxyl groups is 1. The molecule has 0 spiro atoms. The summed E-state index contributed by atoms with van der Waals surface area (Å²) >= 11 is 0. The Morgan fingerprint density at radius 2 is 1.25 bits per heavy atom. The highest BCUT2D eigenvalue weighted by Crippen LogP contribution is 2.59. The molecule has 2 heterocycles. The molecule has 8 aromatic rings. The summed E-state index contributed by atoms with van der Waals surface area (Å²) < 4.78 is 9.42. The number of phenols is 1. The molecule has 0 bridgehead atoms. The summed E-state index contributed by atoms with van der Waals surface area (Å²) in [4.78, 5) is 0. The molecule has 1 atom stereocenters. The monoisotopic (exact) mass is 669 g/mol. The molecule has 248 valence electrons. The van der Waals surface area contributed by atoms with Gasteiger partial charge in [0.1, 0.15) is 17.2 Å². The zero-order chi connectivity index (χ0) is 35.1. The molecule has 9 rings (SSSR count). The summed E-state index contributed by atoms with van der Waals surface area (Å²) in [5.74, 6) is 1.71. The Morgan fingerprint density at radius 3 is 2.08 bits per heavy atom. The second-order valence-electron chi connectivity index (χ2n) is 13.1. The van der Waals surface area contributed by atoms with Crippen LogP contribution in [0.3, 0.4) is 0 Å². The van der Waals surface area contributed by atoms with Crippen molar-refractivity contribution in [1.82, 2.24) is 4.57 Å². The lowest BCUT2D eigenvalue weighted by atomic mass is 9.65. The zero-order valence-electron chi connectivity index (χ0n) is 28.5. The van der Waals surface area contributed by atoms with Crippen LogP contribution in [0.25, 0.3) is 49.7 Å². The number of benzene rings is 7. The molecule has 52 heavy (non-hydrogen) atoms. The highest BCUT2D eigenvalue weighted by atomic mass is 16.5. The van der Waals surface area contributed by atoms with Crippen LogP contribution in [0.5, 0.6) is 17.2 Å². The summed E-state index contributed by atoms with van der Waals surface area (Å²) in [6, 6.07) is 56.5. The summed E-state index contributed by atoms with van der Waals surface area (Å²) in [5.41, 5.74) is 9.30. The third-order valence-corrected chi connectivity index (χ3v) is 10.2.